The molecule has 0 aliphatic heterocycles. The van der Waals surface area contributed by atoms with Gasteiger partial charge in [-0.15, -0.1) is 0 Å². The van der Waals surface area contributed by atoms with E-state index in [0.29, 0.717) is 6.61 Å². The maximum atomic E-state index is 5.82. The molecule has 1 unspecified atom stereocenters. The van der Waals surface area contributed by atoms with Gasteiger partial charge in [0.15, 0.2) is 0 Å². The van der Waals surface area contributed by atoms with Gasteiger partial charge < -0.3 is 9.47 Å². The number of halogens is 1. The van der Waals surface area contributed by atoms with Crippen molar-refractivity contribution in [2.75, 3.05) is 7.11 Å². The van der Waals surface area contributed by atoms with E-state index in [-0.39, 0.29) is 6.10 Å². The lowest BCUT2D eigenvalue weighted by molar-refractivity contribution is 0.0732. The molecule has 1 atom stereocenters. The second-order valence-electron chi connectivity index (χ2n) is 3.88. The standard InChI is InChI=1S/C14H15IO2/c1-16-13-6-2-11(3-7-13)10-17-14-8-4-12(15)5-9-14/h2-8,14H,9-10H2,1H3. The summed E-state index contributed by atoms with van der Waals surface area (Å²) in [6.07, 6.45) is 7.58. The number of benzene rings is 1. The fourth-order valence-electron chi connectivity index (χ4n) is 1.62. The Morgan fingerprint density at radius 1 is 1.29 bits per heavy atom. The van der Waals surface area contributed by atoms with Crippen LogP contribution < -0.4 is 4.74 Å². The number of rotatable bonds is 4. The fraction of sp³-hybridized carbons (Fsp3) is 0.286. The predicted octanol–water partition coefficient (Wildman–Crippen LogP) is 3.86. The van der Waals surface area contributed by atoms with E-state index in [1.54, 1.807) is 7.11 Å². The van der Waals surface area contributed by atoms with Crippen molar-refractivity contribution in [1.82, 2.24) is 0 Å². The summed E-state index contributed by atoms with van der Waals surface area (Å²) in [5.74, 6) is 0.879. The lowest BCUT2D eigenvalue weighted by atomic mass is 10.1. The van der Waals surface area contributed by atoms with Gasteiger partial charge in [-0.1, -0.05) is 30.4 Å². The first-order valence-electron chi connectivity index (χ1n) is 5.56. The molecule has 17 heavy (non-hydrogen) atoms. The van der Waals surface area contributed by atoms with Crippen molar-refractivity contribution in [2.45, 2.75) is 19.1 Å². The molecule has 1 aromatic carbocycles. The van der Waals surface area contributed by atoms with Crippen LogP contribution in [-0.2, 0) is 11.3 Å². The summed E-state index contributed by atoms with van der Waals surface area (Å²) in [6, 6.07) is 7.98. The Labute approximate surface area is 115 Å². The summed E-state index contributed by atoms with van der Waals surface area (Å²) in [6.45, 7) is 0.642. The van der Waals surface area contributed by atoms with Crippen LogP contribution in [0.25, 0.3) is 0 Å². The fourth-order valence-corrected chi connectivity index (χ4v) is 2.09. The predicted molar refractivity (Wildman–Crippen MR) is 77.4 cm³/mol. The van der Waals surface area contributed by atoms with Gasteiger partial charge in [0, 0.05) is 3.58 Å². The monoisotopic (exact) mass is 342 g/mol. The molecule has 1 aliphatic rings. The van der Waals surface area contributed by atoms with Crippen molar-refractivity contribution in [2.24, 2.45) is 0 Å². The van der Waals surface area contributed by atoms with Crippen LogP contribution in [0.5, 0.6) is 5.75 Å². The number of hydrogen-bond donors (Lipinski definition) is 0. The molecule has 0 saturated carbocycles. The minimum absolute atomic E-state index is 0.204. The van der Waals surface area contributed by atoms with Gasteiger partial charge >= 0.3 is 0 Å². The first-order valence-corrected chi connectivity index (χ1v) is 6.64. The average molecular weight is 342 g/mol. The summed E-state index contributed by atoms with van der Waals surface area (Å²) in [5, 5.41) is 0. The zero-order valence-electron chi connectivity index (χ0n) is 9.73. The van der Waals surface area contributed by atoms with Gasteiger partial charge in [-0.2, -0.15) is 0 Å². The molecule has 0 aromatic heterocycles. The molecule has 2 nitrogen and oxygen atoms in total. The van der Waals surface area contributed by atoms with Crippen LogP contribution in [0.1, 0.15) is 12.0 Å². The third-order valence-corrected chi connectivity index (χ3v) is 3.44. The summed E-state index contributed by atoms with van der Waals surface area (Å²) in [5.41, 5.74) is 1.17. The molecule has 0 spiro atoms. The summed E-state index contributed by atoms with van der Waals surface area (Å²) in [7, 11) is 1.67. The van der Waals surface area contributed by atoms with Crippen LogP contribution >= 0.6 is 22.6 Å². The lowest BCUT2D eigenvalue weighted by Crippen LogP contribution is -2.10. The average Bonchev–Trinajstić information content (AvgIpc) is 2.39. The van der Waals surface area contributed by atoms with Gasteiger partial charge in [-0.3, -0.25) is 0 Å². The van der Waals surface area contributed by atoms with E-state index in [2.05, 4.69) is 40.8 Å². The topological polar surface area (TPSA) is 18.5 Å². The Hall–Kier alpha value is -0.810. The molecule has 0 heterocycles. The normalized spacial score (nSPS) is 18.9. The smallest absolute Gasteiger partial charge is 0.118 e. The third kappa shape index (κ3) is 3.85. The van der Waals surface area contributed by atoms with Crippen LogP contribution in [0, 0.1) is 0 Å². The summed E-state index contributed by atoms with van der Waals surface area (Å²) >= 11 is 2.32. The van der Waals surface area contributed by atoms with Crippen LogP contribution in [0.2, 0.25) is 0 Å². The Morgan fingerprint density at radius 3 is 2.65 bits per heavy atom. The Kier molecular flexibility index (Phi) is 4.62. The van der Waals surface area contributed by atoms with Gasteiger partial charge in [0.05, 0.1) is 19.8 Å². The Balaban J connectivity index is 1.84. The highest BCUT2D eigenvalue weighted by atomic mass is 127. The molecule has 1 aliphatic carbocycles. The zero-order chi connectivity index (χ0) is 12.1. The van der Waals surface area contributed by atoms with Gasteiger partial charge in [-0.25, -0.2) is 0 Å². The molecule has 0 amide bonds. The second kappa shape index (κ2) is 6.21. The van der Waals surface area contributed by atoms with E-state index < -0.39 is 0 Å². The van der Waals surface area contributed by atoms with Gasteiger partial charge in [0.1, 0.15) is 5.75 Å². The molecule has 3 heteroatoms. The second-order valence-corrected chi connectivity index (χ2v) is 5.13. The highest BCUT2D eigenvalue weighted by molar-refractivity contribution is 14.1. The highest BCUT2D eigenvalue weighted by Gasteiger charge is 2.07. The SMILES string of the molecule is COc1ccc(COC2C=CC(I)=CC2)cc1. The van der Waals surface area contributed by atoms with Gasteiger partial charge in [-0.05, 0) is 46.7 Å². The van der Waals surface area contributed by atoms with Crippen molar-refractivity contribution in [3.05, 3.63) is 51.6 Å². The number of allylic oxidation sites excluding steroid dienone is 2. The van der Waals surface area contributed by atoms with Crippen molar-refractivity contribution >= 4 is 22.6 Å². The van der Waals surface area contributed by atoms with E-state index in [4.69, 9.17) is 9.47 Å². The first kappa shape index (κ1) is 12.6. The molecule has 1 aromatic rings. The summed E-state index contributed by atoms with van der Waals surface area (Å²) in [4.78, 5) is 0. The molecule has 0 saturated heterocycles. The maximum Gasteiger partial charge on any atom is 0.118 e. The van der Waals surface area contributed by atoms with Crippen LogP contribution in [0.15, 0.2) is 46.1 Å². The molecule has 2 rings (SSSR count). The van der Waals surface area contributed by atoms with E-state index in [1.807, 2.05) is 24.3 Å². The van der Waals surface area contributed by atoms with E-state index in [1.165, 1.54) is 9.14 Å². The molecular formula is C14H15IO2. The van der Waals surface area contributed by atoms with Crippen molar-refractivity contribution in [1.29, 1.82) is 0 Å². The molecule has 0 bridgehead atoms. The van der Waals surface area contributed by atoms with Gasteiger partial charge in [0.2, 0.25) is 0 Å². The Bertz CT molecular complexity index is 420. The number of ether oxygens (including phenoxy) is 2. The lowest BCUT2D eigenvalue weighted by Gasteiger charge is -2.15. The zero-order valence-corrected chi connectivity index (χ0v) is 11.9. The molecule has 90 valence electrons. The number of hydrogen-bond acceptors (Lipinski definition) is 2. The van der Waals surface area contributed by atoms with Gasteiger partial charge in [0.25, 0.3) is 0 Å². The van der Waals surface area contributed by atoms with E-state index in [0.717, 1.165) is 12.2 Å². The van der Waals surface area contributed by atoms with Crippen molar-refractivity contribution in [3.63, 3.8) is 0 Å². The van der Waals surface area contributed by atoms with Crippen LogP contribution in [0.4, 0.5) is 0 Å². The van der Waals surface area contributed by atoms with Crippen molar-refractivity contribution in [3.8, 4) is 5.75 Å². The Morgan fingerprint density at radius 2 is 2.06 bits per heavy atom. The maximum absolute atomic E-state index is 5.82. The minimum atomic E-state index is 0.204. The molecule has 0 radical (unpaired) electrons. The third-order valence-electron chi connectivity index (χ3n) is 2.64. The quantitative estimate of drug-likeness (QED) is 0.774. The first-order chi connectivity index (χ1) is 8.28. The molecular weight excluding hydrogens is 327 g/mol. The highest BCUT2D eigenvalue weighted by Crippen LogP contribution is 2.19. The van der Waals surface area contributed by atoms with Crippen molar-refractivity contribution < 1.29 is 9.47 Å². The van der Waals surface area contributed by atoms with Crippen LogP contribution in [-0.4, -0.2) is 13.2 Å². The molecule has 0 N–H and O–H groups in total. The van der Waals surface area contributed by atoms with Crippen LogP contribution in [0.3, 0.4) is 0 Å². The minimum Gasteiger partial charge on any atom is -0.497 e. The largest absolute Gasteiger partial charge is 0.497 e. The summed E-state index contributed by atoms with van der Waals surface area (Å²) < 4.78 is 12.2. The van der Waals surface area contributed by atoms with E-state index >= 15 is 0 Å². The van der Waals surface area contributed by atoms with E-state index in [9.17, 15) is 0 Å². The number of methoxy groups -OCH3 is 1. The molecule has 0 fully saturated rings.